The number of aryl methyl sites for hydroxylation is 2. The molecule has 0 spiro atoms. The third-order valence-electron chi connectivity index (χ3n) is 8.13. The Morgan fingerprint density at radius 3 is 2.38 bits per heavy atom. The zero-order chi connectivity index (χ0) is 35.8. The van der Waals surface area contributed by atoms with Crippen LogP contribution in [0.1, 0.15) is 46.3 Å². The van der Waals surface area contributed by atoms with Crippen molar-refractivity contribution in [1.82, 2.24) is 14.9 Å². The van der Waals surface area contributed by atoms with Crippen LogP contribution in [0.25, 0.3) is 0 Å². The number of nitrogens with zero attached hydrogens (tertiary/aromatic N) is 4. The molecule has 4 N–H and O–H groups in total. The molecule has 0 unspecified atom stereocenters. The molecule has 258 valence electrons. The fourth-order valence-corrected chi connectivity index (χ4v) is 5.68. The Morgan fingerprint density at radius 1 is 1.00 bits per heavy atom. The topological polar surface area (TPSA) is 160 Å². The van der Waals surface area contributed by atoms with E-state index in [2.05, 4.69) is 44.1 Å². The van der Waals surface area contributed by atoms with E-state index in [4.69, 9.17) is 26.8 Å². The molecule has 0 atom stereocenters. The number of nitrogens with one attached hydrogen (secondary N) is 3. The smallest absolute Gasteiger partial charge is 0.475 e. The predicted octanol–water partition coefficient (Wildman–Crippen LogP) is 7.10. The van der Waals surface area contributed by atoms with Crippen molar-refractivity contribution in [2.75, 3.05) is 29.0 Å². The number of carbonyl (C=O) groups is 3. The predicted molar refractivity (Wildman–Crippen MR) is 181 cm³/mol. The van der Waals surface area contributed by atoms with Gasteiger partial charge in [-0.15, -0.1) is 0 Å². The first-order chi connectivity index (χ1) is 23.9. The summed E-state index contributed by atoms with van der Waals surface area (Å²) in [5.41, 5.74) is 5.73. The molecule has 15 heteroatoms. The molecule has 4 aromatic rings. The molecule has 2 aliphatic heterocycles. The second-order valence-corrected chi connectivity index (χ2v) is 12.1. The summed E-state index contributed by atoms with van der Waals surface area (Å²) >= 11 is 6.39. The van der Waals surface area contributed by atoms with Crippen molar-refractivity contribution in [2.45, 2.75) is 38.3 Å². The first-order valence-corrected chi connectivity index (χ1v) is 15.9. The first-order valence-electron chi connectivity index (χ1n) is 15.6. The third kappa shape index (κ3) is 9.48. The number of carbonyl (C=O) groups excluding carboxylic acids is 2. The summed E-state index contributed by atoms with van der Waals surface area (Å²) in [5, 5.41) is 26.2. The lowest BCUT2D eigenvalue weighted by Gasteiger charge is -2.32. The van der Waals surface area contributed by atoms with Gasteiger partial charge in [-0.2, -0.15) is 23.4 Å². The van der Waals surface area contributed by atoms with Gasteiger partial charge in [0.15, 0.2) is 5.82 Å². The van der Waals surface area contributed by atoms with Crippen LogP contribution in [0.2, 0.25) is 5.02 Å². The number of fused-ring (bicyclic) bond motifs is 6. The lowest BCUT2D eigenvalue weighted by atomic mass is 9.92. The standard InChI is InChI=1S/C33H30ClN7O2.C2HF3O2/c34-28-20-36-33-38-26-3-1-2-21(16-26)4-9-25-18-27(37-31(28)40-33)10-11-29(25)39-30(42)17-22-12-14-41(15-13-22)32(43)24-7-5-23(19-35)6-8-24;3-2(4,5)1(6)7/h1-3,5-8,10-11,16,18,20,22H,4,9,12-15,17H2,(H,39,42)(H2,36,37,38,40);(H,6,7). The van der Waals surface area contributed by atoms with Crippen molar-refractivity contribution in [3.8, 4) is 6.07 Å². The van der Waals surface area contributed by atoms with Gasteiger partial charge in [-0.3, -0.25) is 9.59 Å². The maximum atomic E-state index is 13.2. The van der Waals surface area contributed by atoms with Crippen LogP contribution in [0, 0.1) is 17.2 Å². The number of amides is 2. The number of piperidine rings is 1. The Labute approximate surface area is 290 Å². The van der Waals surface area contributed by atoms with Crippen LogP contribution in [-0.4, -0.2) is 57.0 Å². The van der Waals surface area contributed by atoms with Gasteiger partial charge < -0.3 is 26.0 Å². The van der Waals surface area contributed by atoms with Gasteiger partial charge in [-0.25, -0.2) is 9.78 Å². The second-order valence-electron chi connectivity index (χ2n) is 11.7. The molecule has 3 heterocycles. The van der Waals surface area contributed by atoms with Gasteiger partial charge >= 0.3 is 12.1 Å². The van der Waals surface area contributed by atoms with Gasteiger partial charge in [0.05, 0.1) is 17.8 Å². The Balaban J connectivity index is 0.000000630. The number of alkyl halides is 3. The minimum Gasteiger partial charge on any atom is -0.475 e. The second kappa shape index (κ2) is 15.7. The van der Waals surface area contributed by atoms with Crippen LogP contribution in [0.15, 0.2) is 72.9 Å². The summed E-state index contributed by atoms with van der Waals surface area (Å²) in [7, 11) is 0. The summed E-state index contributed by atoms with van der Waals surface area (Å²) in [6, 6.07) is 22.7. The van der Waals surface area contributed by atoms with Crippen LogP contribution in [-0.2, 0) is 22.4 Å². The molecule has 50 heavy (non-hydrogen) atoms. The lowest BCUT2D eigenvalue weighted by molar-refractivity contribution is -0.192. The van der Waals surface area contributed by atoms with Crippen LogP contribution < -0.4 is 16.0 Å². The molecular formula is C35H31ClF3N7O4. The maximum absolute atomic E-state index is 13.2. The average Bonchev–Trinajstić information content (AvgIpc) is 3.10. The average molecular weight is 706 g/mol. The van der Waals surface area contributed by atoms with E-state index in [1.165, 1.54) is 0 Å². The molecule has 11 nitrogen and oxygen atoms in total. The molecule has 0 radical (unpaired) electrons. The normalized spacial score (nSPS) is 14.1. The number of likely N-dealkylation sites (tertiary alicyclic amines) is 1. The van der Waals surface area contributed by atoms with Crippen LogP contribution >= 0.6 is 11.6 Å². The number of halogens is 4. The van der Waals surface area contributed by atoms with Crippen LogP contribution in [0.5, 0.6) is 0 Å². The maximum Gasteiger partial charge on any atom is 0.490 e. The van der Waals surface area contributed by atoms with E-state index in [9.17, 15) is 22.8 Å². The van der Waals surface area contributed by atoms with Gasteiger partial charge in [0, 0.05) is 42.1 Å². The summed E-state index contributed by atoms with van der Waals surface area (Å²) in [6.45, 7) is 1.20. The minimum absolute atomic E-state index is 0.0357. The van der Waals surface area contributed by atoms with E-state index in [1.54, 1.807) is 30.5 Å². The molecule has 1 saturated heterocycles. The molecule has 2 aliphatic rings. The molecule has 6 bridgehead atoms. The molecule has 6 rings (SSSR count). The number of carboxylic acid groups (broad SMARTS) is 1. The summed E-state index contributed by atoms with van der Waals surface area (Å²) < 4.78 is 31.7. The molecule has 2 amide bonds. The summed E-state index contributed by atoms with van der Waals surface area (Å²) in [6.07, 6.45) is -0.0976. The first kappa shape index (κ1) is 35.6. The van der Waals surface area contributed by atoms with E-state index in [-0.39, 0.29) is 17.7 Å². The Kier molecular flexibility index (Phi) is 11.2. The molecule has 1 fully saturated rings. The third-order valence-corrected chi connectivity index (χ3v) is 8.41. The number of hydrogen-bond donors (Lipinski definition) is 4. The number of carboxylic acids is 1. The fourth-order valence-electron chi connectivity index (χ4n) is 5.54. The Hall–Kier alpha value is -5.68. The summed E-state index contributed by atoms with van der Waals surface area (Å²) in [5.74, 6) is -1.71. The molecule has 3 aromatic carbocycles. The number of nitriles is 1. The van der Waals surface area contributed by atoms with Crippen LogP contribution in [0.4, 0.5) is 42.0 Å². The highest BCUT2D eigenvalue weighted by Gasteiger charge is 2.38. The lowest BCUT2D eigenvalue weighted by Crippen LogP contribution is -2.39. The van der Waals surface area contributed by atoms with E-state index >= 15 is 0 Å². The largest absolute Gasteiger partial charge is 0.490 e. The highest BCUT2D eigenvalue weighted by Crippen LogP contribution is 2.30. The number of anilines is 5. The highest BCUT2D eigenvalue weighted by atomic mass is 35.5. The molecule has 1 aromatic heterocycles. The fraction of sp³-hybridized carbons (Fsp3) is 0.257. The summed E-state index contributed by atoms with van der Waals surface area (Å²) in [4.78, 5) is 45.7. The number of aliphatic carboxylic acids is 1. The van der Waals surface area contributed by atoms with E-state index in [1.807, 2.05) is 35.2 Å². The van der Waals surface area contributed by atoms with Crippen molar-refractivity contribution in [3.05, 3.63) is 100 Å². The van der Waals surface area contributed by atoms with Gasteiger partial charge in [0.1, 0.15) is 5.02 Å². The van der Waals surface area contributed by atoms with Gasteiger partial charge in [0.2, 0.25) is 11.9 Å². The van der Waals surface area contributed by atoms with Gasteiger partial charge in [0.25, 0.3) is 5.91 Å². The SMILES string of the molecule is N#Cc1ccc(C(=O)N2CCC(CC(=O)Nc3ccc4cc3CCc3cccc(c3)Nc3ncc(Cl)c(n3)N4)CC2)cc1.O=C(O)C(F)(F)F. The van der Waals surface area contributed by atoms with Crippen molar-refractivity contribution in [1.29, 1.82) is 5.26 Å². The molecular weight excluding hydrogens is 675 g/mol. The van der Waals surface area contributed by atoms with Crippen molar-refractivity contribution in [2.24, 2.45) is 5.92 Å². The number of hydrogen-bond acceptors (Lipinski definition) is 8. The van der Waals surface area contributed by atoms with Crippen molar-refractivity contribution >= 4 is 58.2 Å². The molecule has 0 saturated carbocycles. The number of aromatic nitrogens is 2. The monoisotopic (exact) mass is 705 g/mol. The zero-order valence-corrected chi connectivity index (χ0v) is 27.2. The minimum atomic E-state index is -5.08. The number of rotatable bonds is 4. The Morgan fingerprint density at radius 2 is 1.70 bits per heavy atom. The van der Waals surface area contributed by atoms with E-state index in [0.717, 1.165) is 53.9 Å². The molecule has 0 aliphatic carbocycles. The van der Waals surface area contributed by atoms with Gasteiger partial charge in [-0.1, -0.05) is 23.7 Å². The van der Waals surface area contributed by atoms with Crippen LogP contribution in [0.3, 0.4) is 0 Å². The van der Waals surface area contributed by atoms with Crippen molar-refractivity contribution in [3.63, 3.8) is 0 Å². The zero-order valence-electron chi connectivity index (χ0n) is 26.4. The van der Waals surface area contributed by atoms with Crippen molar-refractivity contribution < 1.29 is 32.7 Å². The van der Waals surface area contributed by atoms with E-state index < -0.39 is 12.1 Å². The van der Waals surface area contributed by atoms with Gasteiger partial charge in [-0.05, 0) is 97.3 Å². The van der Waals surface area contributed by atoms with E-state index in [0.29, 0.717) is 47.4 Å². The number of benzene rings is 3. The highest BCUT2D eigenvalue weighted by molar-refractivity contribution is 6.32. The quantitative estimate of drug-likeness (QED) is 0.174. The Bertz CT molecular complexity index is 1930.